The summed E-state index contributed by atoms with van der Waals surface area (Å²) in [6.07, 6.45) is 6.39. The Morgan fingerprint density at radius 1 is 0.700 bits per heavy atom. The number of nitrogens with zero attached hydrogens (tertiary/aromatic N) is 8. The van der Waals surface area contributed by atoms with Crippen LogP contribution in [0.5, 0.6) is 0 Å². The summed E-state index contributed by atoms with van der Waals surface area (Å²) in [6, 6.07) is 10.4. The second-order valence-corrected chi connectivity index (χ2v) is 12.3. The summed E-state index contributed by atoms with van der Waals surface area (Å²) in [5.41, 5.74) is 3.59. The first-order valence-electron chi connectivity index (χ1n) is 13.6. The fourth-order valence-corrected chi connectivity index (χ4v) is 5.66. The molecule has 206 valence electrons. The van der Waals surface area contributed by atoms with E-state index in [9.17, 15) is 26.3 Å². The van der Waals surface area contributed by atoms with Crippen LogP contribution in [0.2, 0.25) is 0 Å². The van der Waals surface area contributed by atoms with Crippen LogP contribution in [0, 0.1) is 74.1 Å². The number of rotatable bonds is 9. The van der Waals surface area contributed by atoms with Gasteiger partial charge in [-0.15, -0.1) is 0 Å². The van der Waals surface area contributed by atoms with Gasteiger partial charge in [0.05, 0.1) is 29.9 Å². The number of hydrogen-bond acceptors (Lipinski definition) is 7. The Morgan fingerprint density at radius 3 is 1.50 bits per heavy atom. The fourth-order valence-electron chi connectivity index (χ4n) is 5.66. The Balaban J connectivity index is 2.04. The van der Waals surface area contributed by atoms with Gasteiger partial charge >= 0.3 is 0 Å². The highest BCUT2D eigenvalue weighted by molar-refractivity contribution is 5.57. The smallest absolute Gasteiger partial charge is 0.266 e. The molecule has 0 fully saturated rings. The van der Waals surface area contributed by atoms with E-state index in [4.69, 9.17) is 6.57 Å². The third-order valence-electron chi connectivity index (χ3n) is 7.69. The lowest BCUT2D eigenvalue weighted by atomic mass is 9.72. The molecule has 8 nitrogen and oxygen atoms in total. The van der Waals surface area contributed by atoms with Crippen LogP contribution in [-0.4, -0.2) is 37.0 Å². The summed E-state index contributed by atoms with van der Waals surface area (Å²) in [4.78, 5) is 7.59. The van der Waals surface area contributed by atoms with Crippen molar-refractivity contribution < 1.29 is 0 Å². The number of nitriles is 5. The Kier molecular flexibility index (Phi) is 10.7. The molecule has 0 spiro atoms. The van der Waals surface area contributed by atoms with Gasteiger partial charge in [-0.3, -0.25) is 0 Å². The molecule has 0 unspecified atom stereocenters. The average Bonchev–Trinajstić information content (AvgIpc) is 2.90. The molecule has 0 atom stereocenters. The van der Waals surface area contributed by atoms with E-state index in [-0.39, 0.29) is 22.1 Å². The van der Waals surface area contributed by atoms with E-state index in [0.29, 0.717) is 35.1 Å². The van der Waals surface area contributed by atoms with Gasteiger partial charge in [-0.25, -0.2) is 10.1 Å². The van der Waals surface area contributed by atoms with Gasteiger partial charge in [-0.05, 0) is 54.9 Å². The van der Waals surface area contributed by atoms with E-state index in [2.05, 4.69) is 54.5 Å². The molecule has 0 heterocycles. The lowest BCUT2D eigenvalue weighted by Gasteiger charge is -2.37. The van der Waals surface area contributed by atoms with E-state index in [1.54, 1.807) is 0 Å². The van der Waals surface area contributed by atoms with Crippen molar-refractivity contribution in [1.29, 1.82) is 26.3 Å². The van der Waals surface area contributed by atoms with Crippen molar-refractivity contribution in [2.24, 2.45) is 10.8 Å². The first-order valence-corrected chi connectivity index (χ1v) is 13.6. The van der Waals surface area contributed by atoms with E-state index < -0.39 is 0 Å². The monoisotopic (exact) mass is 534 g/mol. The maximum atomic E-state index is 9.89. The standard InChI is InChI=1S/C32H38N8/c1-31(2)14-24(23(18-33)19-34)26(20-35)29(16-31)39(6)12-10-8-9-11-13-40(7)30-17-32(3,4)15-25(27(30)21-36)28(22-37)38-5/h8-17H2,1-4,6-7H3/b28-25+. The summed E-state index contributed by atoms with van der Waals surface area (Å²) in [5.74, 6) is 0. The molecule has 0 bridgehead atoms. The van der Waals surface area contributed by atoms with Crippen molar-refractivity contribution in [2.75, 3.05) is 27.2 Å². The molecule has 0 aromatic carbocycles. The number of hydrogen-bond donors (Lipinski definition) is 0. The first kappa shape index (κ1) is 31.7. The van der Waals surface area contributed by atoms with Crippen LogP contribution < -0.4 is 0 Å². The topological polar surface area (TPSA) is 130 Å². The summed E-state index contributed by atoms with van der Waals surface area (Å²) >= 11 is 0. The molecule has 8 heteroatoms. The van der Waals surface area contributed by atoms with Crippen LogP contribution in [0.25, 0.3) is 4.85 Å². The van der Waals surface area contributed by atoms with Gasteiger partial charge in [0.15, 0.2) is 0 Å². The van der Waals surface area contributed by atoms with Crippen molar-refractivity contribution in [2.45, 2.75) is 79.1 Å². The van der Waals surface area contributed by atoms with Gasteiger partial charge in [0.2, 0.25) is 0 Å². The summed E-state index contributed by atoms with van der Waals surface area (Å²) in [7, 11) is 3.95. The minimum Gasteiger partial charge on any atom is -0.377 e. The Hall–Kier alpha value is -4.50. The number of allylic oxidation sites excluding steroid dienone is 8. The zero-order valence-corrected chi connectivity index (χ0v) is 24.6. The van der Waals surface area contributed by atoms with Gasteiger partial charge in [0.1, 0.15) is 23.8 Å². The molecular weight excluding hydrogens is 496 g/mol. The Labute approximate surface area is 239 Å². The third-order valence-corrected chi connectivity index (χ3v) is 7.69. The van der Waals surface area contributed by atoms with Crippen LogP contribution in [0.4, 0.5) is 0 Å². The SMILES string of the molecule is [C-]#[N+]/C(C#N)=C1\CC(C)(C)CC(N(C)CCCCCCN(C)C2=C(C#N)C(=C(C#N)C#N)CC(C)(C)C2)=C1C#N. The van der Waals surface area contributed by atoms with Crippen molar-refractivity contribution in [1.82, 2.24) is 9.80 Å². The second kappa shape index (κ2) is 13.5. The average molecular weight is 535 g/mol. The highest BCUT2D eigenvalue weighted by atomic mass is 15.1. The third kappa shape index (κ3) is 7.54. The Morgan fingerprint density at radius 2 is 1.12 bits per heavy atom. The van der Waals surface area contributed by atoms with Crippen molar-refractivity contribution in [3.8, 4) is 30.3 Å². The zero-order valence-electron chi connectivity index (χ0n) is 24.6. The molecule has 2 rings (SSSR count). The number of unbranched alkanes of at least 4 members (excludes halogenated alkanes) is 3. The molecule has 0 N–H and O–H groups in total. The summed E-state index contributed by atoms with van der Waals surface area (Å²) in [5, 5.41) is 48.1. The second-order valence-electron chi connectivity index (χ2n) is 12.3. The minimum atomic E-state index is -0.148. The van der Waals surface area contributed by atoms with E-state index in [1.165, 1.54) is 0 Å². The molecule has 0 aromatic heterocycles. The maximum absolute atomic E-state index is 9.89. The predicted octanol–water partition coefficient (Wildman–Crippen LogP) is 6.65. The predicted molar refractivity (Wildman–Crippen MR) is 153 cm³/mol. The van der Waals surface area contributed by atoms with Crippen LogP contribution >= 0.6 is 0 Å². The quantitative estimate of drug-likeness (QED) is 0.184. The Bertz CT molecular complexity index is 1250. The van der Waals surface area contributed by atoms with Crippen molar-refractivity contribution >= 4 is 0 Å². The van der Waals surface area contributed by atoms with Crippen LogP contribution in [0.1, 0.15) is 79.1 Å². The molecule has 0 saturated carbocycles. The molecular formula is C32H38N8. The zero-order chi connectivity index (χ0) is 30.1. The van der Waals surface area contributed by atoms with E-state index >= 15 is 0 Å². The van der Waals surface area contributed by atoms with E-state index in [0.717, 1.165) is 63.0 Å². The molecule has 2 aliphatic carbocycles. The highest BCUT2D eigenvalue weighted by Gasteiger charge is 2.35. The molecule has 0 amide bonds. The molecule has 2 aliphatic rings. The van der Waals surface area contributed by atoms with Gasteiger partial charge in [0, 0.05) is 44.2 Å². The normalized spacial score (nSPS) is 18.8. The largest absolute Gasteiger partial charge is 0.377 e. The highest BCUT2D eigenvalue weighted by Crippen LogP contribution is 2.45. The minimum absolute atomic E-state index is 0.00875. The van der Waals surface area contributed by atoms with Gasteiger partial charge in [-0.2, -0.15) is 21.0 Å². The molecule has 0 radical (unpaired) electrons. The van der Waals surface area contributed by atoms with Crippen LogP contribution in [-0.2, 0) is 0 Å². The molecule has 0 saturated heterocycles. The van der Waals surface area contributed by atoms with E-state index in [1.807, 2.05) is 32.3 Å². The van der Waals surface area contributed by atoms with Crippen molar-refractivity contribution in [3.63, 3.8) is 0 Å². The maximum Gasteiger partial charge on any atom is 0.266 e. The lowest BCUT2D eigenvalue weighted by molar-refractivity contribution is 0.277. The van der Waals surface area contributed by atoms with Gasteiger partial charge < -0.3 is 9.80 Å². The molecule has 0 aliphatic heterocycles. The van der Waals surface area contributed by atoms with Gasteiger partial charge in [-0.1, -0.05) is 40.5 Å². The summed E-state index contributed by atoms with van der Waals surface area (Å²) in [6.45, 7) is 17.3. The molecule has 0 aromatic rings. The lowest BCUT2D eigenvalue weighted by Crippen LogP contribution is -2.30. The van der Waals surface area contributed by atoms with Gasteiger partial charge in [0.25, 0.3) is 5.70 Å². The fraction of sp³-hybridized carbons (Fsp3) is 0.562. The summed E-state index contributed by atoms with van der Waals surface area (Å²) < 4.78 is 0. The van der Waals surface area contributed by atoms with Crippen LogP contribution in [0.3, 0.4) is 0 Å². The molecule has 40 heavy (non-hydrogen) atoms. The van der Waals surface area contributed by atoms with Crippen LogP contribution in [0.15, 0.2) is 45.0 Å². The first-order chi connectivity index (χ1) is 18.9. The van der Waals surface area contributed by atoms with Crippen molar-refractivity contribution in [3.05, 3.63) is 56.4 Å².